The third-order valence-electron chi connectivity index (χ3n) is 8.33. The van der Waals surface area contributed by atoms with Crippen molar-refractivity contribution in [3.63, 3.8) is 0 Å². The monoisotopic (exact) mass is 387 g/mol. The number of nitrogens with zero attached hydrogens (tertiary/aromatic N) is 3. The lowest BCUT2D eigenvalue weighted by Crippen LogP contribution is -2.44. The summed E-state index contributed by atoms with van der Waals surface area (Å²) in [5, 5.41) is 0. The number of hydrogen-bond donors (Lipinski definition) is 0. The molecule has 0 spiro atoms. The predicted molar refractivity (Wildman–Crippen MR) is 112 cm³/mol. The molecule has 2 aliphatic carbocycles. The van der Waals surface area contributed by atoms with Crippen molar-refractivity contribution in [3.05, 3.63) is 32.6 Å². The fourth-order valence-corrected chi connectivity index (χ4v) is 6.81. The number of hydrogen-bond acceptors (Lipinski definition) is 2. The maximum atomic E-state index is 12.7. The van der Waals surface area contributed by atoms with Gasteiger partial charge in [0.1, 0.15) is 0 Å². The van der Waals surface area contributed by atoms with Crippen LogP contribution in [-0.4, -0.2) is 13.9 Å². The summed E-state index contributed by atoms with van der Waals surface area (Å²) in [4.78, 5) is 25.0. The van der Waals surface area contributed by atoms with Gasteiger partial charge in [-0.1, -0.05) is 53.0 Å². The largest absolute Gasteiger partial charge is 0.347 e. The molecule has 156 valence electrons. The Morgan fingerprint density at radius 2 is 1.86 bits per heavy atom. The van der Waals surface area contributed by atoms with E-state index in [0.29, 0.717) is 17.9 Å². The first kappa shape index (κ1) is 19.8. The molecule has 1 aromatic rings. The summed E-state index contributed by atoms with van der Waals surface area (Å²) in [5.41, 5.74) is 1.45. The molecule has 5 atom stereocenters. The van der Waals surface area contributed by atoms with E-state index in [0.717, 1.165) is 30.6 Å². The highest BCUT2D eigenvalue weighted by Crippen LogP contribution is 2.62. The Hall–Kier alpha value is -1.52. The third-order valence-corrected chi connectivity index (χ3v) is 8.33. The van der Waals surface area contributed by atoms with Crippen molar-refractivity contribution in [2.75, 3.05) is 0 Å². The van der Waals surface area contributed by atoms with Gasteiger partial charge >= 0.3 is 11.4 Å². The number of rotatable bonds is 5. The number of aromatic nitrogens is 3. The molecular weight excluding hydrogens is 350 g/mol. The van der Waals surface area contributed by atoms with Gasteiger partial charge in [0.15, 0.2) is 0 Å². The molecule has 2 heterocycles. The van der Waals surface area contributed by atoms with Gasteiger partial charge in [-0.3, -0.25) is 0 Å². The van der Waals surface area contributed by atoms with Gasteiger partial charge in [-0.2, -0.15) is 0 Å². The average Bonchev–Trinajstić information content (AvgIpc) is 3.11. The predicted octanol–water partition coefficient (Wildman–Crippen LogP) is 4.12. The van der Waals surface area contributed by atoms with Gasteiger partial charge in [-0.25, -0.2) is 23.5 Å². The molecule has 0 unspecified atom stereocenters. The van der Waals surface area contributed by atoms with E-state index in [1.54, 1.807) is 16.4 Å². The first-order valence-electron chi connectivity index (χ1n) is 11.3. The van der Waals surface area contributed by atoms with E-state index in [-0.39, 0.29) is 17.4 Å². The van der Waals surface area contributed by atoms with E-state index in [9.17, 15) is 9.59 Å². The molecule has 0 saturated heterocycles. The first-order valence-corrected chi connectivity index (χ1v) is 11.3. The smallest absolute Gasteiger partial charge is 0.246 e. The van der Waals surface area contributed by atoms with Crippen molar-refractivity contribution in [3.8, 4) is 0 Å². The molecular formula is C23H37N3O2. The van der Waals surface area contributed by atoms with Gasteiger partial charge < -0.3 is 0 Å². The summed E-state index contributed by atoms with van der Waals surface area (Å²) < 4.78 is 4.66. The maximum Gasteiger partial charge on any atom is 0.347 e. The van der Waals surface area contributed by atoms with E-state index in [1.165, 1.54) is 42.2 Å². The van der Waals surface area contributed by atoms with E-state index in [2.05, 4.69) is 33.8 Å². The van der Waals surface area contributed by atoms with Crippen LogP contribution in [0.15, 0.2) is 21.2 Å². The van der Waals surface area contributed by atoms with Crippen LogP contribution in [0.3, 0.4) is 0 Å². The highest BCUT2D eigenvalue weighted by Gasteiger charge is 2.54. The molecule has 0 bridgehead atoms. The summed E-state index contributed by atoms with van der Waals surface area (Å²) in [5.74, 6) is 2.92. The minimum Gasteiger partial charge on any atom is -0.246 e. The lowest BCUT2D eigenvalue weighted by Gasteiger charge is -2.48. The molecule has 1 aliphatic heterocycles. The minimum absolute atomic E-state index is 0.0863. The second kappa shape index (κ2) is 7.07. The summed E-state index contributed by atoms with van der Waals surface area (Å²) in [7, 11) is 1.60. The lowest BCUT2D eigenvalue weighted by molar-refractivity contribution is 0.0719. The van der Waals surface area contributed by atoms with Crippen molar-refractivity contribution in [2.24, 2.45) is 36.1 Å². The molecule has 4 rings (SSSR count). The molecule has 28 heavy (non-hydrogen) atoms. The molecule has 0 radical (unpaired) electrons. The van der Waals surface area contributed by atoms with E-state index < -0.39 is 0 Å². The van der Waals surface area contributed by atoms with Crippen LogP contribution in [-0.2, 0) is 13.6 Å². The Kier molecular flexibility index (Phi) is 4.99. The van der Waals surface area contributed by atoms with Gasteiger partial charge in [-0.05, 0) is 60.3 Å². The standard InChI is InChI=1S/C23H37N3O2/c1-15(2)7-6-8-16(3)18-9-10-19-17-12-14-25-21(27)24(5)22(28)26(25)20(17)11-13-23(18,19)4/h12,15-16,18-20H,6-11,13-14H2,1-5H3/t16-,18-,19+,20-,23-/m1/s1. The normalized spacial score (nSPS) is 32.6. The van der Waals surface area contributed by atoms with Crippen molar-refractivity contribution in [1.82, 2.24) is 13.9 Å². The Morgan fingerprint density at radius 3 is 2.57 bits per heavy atom. The molecule has 5 nitrogen and oxygen atoms in total. The summed E-state index contributed by atoms with van der Waals surface area (Å²) in [6.07, 6.45) is 11.0. The van der Waals surface area contributed by atoms with Crippen LogP contribution in [0.1, 0.15) is 78.7 Å². The van der Waals surface area contributed by atoms with Gasteiger partial charge in [0, 0.05) is 7.05 Å². The molecule has 0 N–H and O–H groups in total. The topological polar surface area (TPSA) is 48.9 Å². The zero-order valence-electron chi connectivity index (χ0n) is 18.3. The molecule has 2 saturated carbocycles. The van der Waals surface area contributed by atoms with Crippen LogP contribution in [0.4, 0.5) is 0 Å². The van der Waals surface area contributed by atoms with Crippen LogP contribution in [0.5, 0.6) is 0 Å². The van der Waals surface area contributed by atoms with Crippen LogP contribution in [0, 0.1) is 29.1 Å². The number of fused-ring (bicyclic) bond motifs is 5. The highest BCUT2D eigenvalue weighted by atomic mass is 16.2. The Labute approximate surface area is 168 Å². The first-order chi connectivity index (χ1) is 13.3. The fraction of sp³-hybridized carbons (Fsp3) is 0.826. The van der Waals surface area contributed by atoms with Gasteiger partial charge in [0.25, 0.3) is 0 Å². The highest BCUT2D eigenvalue weighted by molar-refractivity contribution is 5.24. The van der Waals surface area contributed by atoms with Crippen LogP contribution in [0.25, 0.3) is 0 Å². The number of allylic oxidation sites excluding steroid dienone is 2. The SMILES string of the molecule is CC(C)CCC[C@@H](C)[C@H]1CC[C@H]2C3=CCn4c(=O)n(C)c(=O)n4[C@@H]3CC[C@]12C. The van der Waals surface area contributed by atoms with Crippen molar-refractivity contribution >= 4 is 0 Å². The van der Waals surface area contributed by atoms with E-state index in [4.69, 9.17) is 0 Å². The summed E-state index contributed by atoms with van der Waals surface area (Å²) >= 11 is 0. The van der Waals surface area contributed by atoms with Gasteiger partial charge in [-0.15, -0.1) is 0 Å². The zero-order valence-corrected chi connectivity index (χ0v) is 18.3. The molecule has 0 aromatic carbocycles. The van der Waals surface area contributed by atoms with Crippen LogP contribution < -0.4 is 11.4 Å². The van der Waals surface area contributed by atoms with Crippen molar-refractivity contribution in [2.45, 2.75) is 85.2 Å². The lowest BCUT2D eigenvalue weighted by atomic mass is 9.59. The fourth-order valence-electron chi connectivity index (χ4n) is 6.81. The summed E-state index contributed by atoms with van der Waals surface area (Å²) in [6.45, 7) is 10.2. The maximum absolute atomic E-state index is 12.7. The van der Waals surface area contributed by atoms with Gasteiger partial charge in [0.05, 0.1) is 12.6 Å². The van der Waals surface area contributed by atoms with Crippen molar-refractivity contribution < 1.29 is 0 Å². The molecule has 2 fully saturated rings. The van der Waals surface area contributed by atoms with Crippen molar-refractivity contribution in [1.29, 1.82) is 0 Å². The van der Waals surface area contributed by atoms with E-state index >= 15 is 0 Å². The Morgan fingerprint density at radius 1 is 1.11 bits per heavy atom. The molecule has 1 aromatic heterocycles. The zero-order chi connectivity index (χ0) is 20.2. The minimum atomic E-state index is -0.184. The van der Waals surface area contributed by atoms with Gasteiger partial charge in [0.2, 0.25) is 0 Å². The second-order valence-electron chi connectivity index (χ2n) is 10.4. The third kappa shape index (κ3) is 2.88. The molecule has 5 heteroatoms. The Balaban J connectivity index is 1.57. The van der Waals surface area contributed by atoms with E-state index in [1.807, 2.05) is 0 Å². The van der Waals surface area contributed by atoms with Crippen LogP contribution >= 0.6 is 0 Å². The van der Waals surface area contributed by atoms with Crippen LogP contribution in [0.2, 0.25) is 0 Å². The average molecular weight is 388 g/mol. The second-order valence-corrected chi connectivity index (χ2v) is 10.4. The Bertz CT molecular complexity index is 887. The summed E-state index contributed by atoms with van der Waals surface area (Å²) in [6, 6.07) is 0.0863. The quantitative estimate of drug-likeness (QED) is 0.714. The molecule has 0 amide bonds. The molecule has 3 aliphatic rings.